The van der Waals surface area contributed by atoms with Crippen molar-refractivity contribution in [3.63, 3.8) is 0 Å². The quantitative estimate of drug-likeness (QED) is 0.641. The van der Waals surface area contributed by atoms with Crippen LogP contribution in [0.2, 0.25) is 0 Å². The van der Waals surface area contributed by atoms with E-state index < -0.39 is 10.6 Å². The molecular weight excluding hydrogens is 310 g/mol. The molecule has 2 aromatic rings. The van der Waals surface area contributed by atoms with Crippen LogP contribution in [0.3, 0.4) is 0 Å². The molecule has 0 bridgehead atoms. The lowest BCUT2D eigenvalue weighted by atomic mass is 10.0. The Balaban J connectivity index is 2.03. The molecule has 0 saturated heterocycles. The van der Waals surface area contributed by atoms with E-state index in [2.05, 4.69) is 5.10 Å². The number of amides is 1. The largest absolute Gasteiger partial charge is 0.443 e. The van der Waals surface area contributed by atoms with Gasteiger partial charge in [-0.2, -0.15) is 5.01 Å². The molecule has 1 aliphatic rings. The smallest absolute Gasteiger partial charge is 0.270 e. The average Bonchev–Trinajstić information content (AvgIpc) is 2.95. The molecule has 24 heavy (non-hydrogen) atoms. The highest BCUT2D eigenvalue weighted by atomic mass is 16.6. The van der Waals surface area contributed by atoms with Gasteiger partial charge in [0.15, 0.2) is 0 Å². The molecule has 3 rings (SSSR count). The standard InChI is InChI=1S/C17H15N3O4/c1-12(21)19-17(2,14-8-4-3-5-9-14)24-16(18-19)13-7-6-10-15(11-13)20(22)23/h3-11H,1-2H3. The number of hydrogen-bond donors (Lipinski definition) is 0. The lowest BCUT2D eigenvalue weighted by Gasteiger charge is -2.30. The van der Waals surface area contributed by atoms with E-state index >= 15 is 0 Å². The first-order valence-corrected chi connectivity index (χ1v) is 7.30. The van der Waals surface area contributed by atoms with Crippen LogP contribution in [0.1, 0.15) is 25.0 Å². The van der Waals surface area contributed by atoms with Crippen LogP contribution in [-0.2, 0) is 15.3 Å². The molecule has 0 fully saturated rings. The number of hydrazone groups is 1. The zero-order valence-corrected chi connectivity index (χ0v) is 13.2. The lowest BCUT2D eigenvalue weighted by molar-refractivity contribution is -0.384. The topological polar surface area (TPSA) is 85.0 Å². The molecule has 0 saturated carbocycles. The summed E-state index contributed by atoms with van der Waals surface area (Å²) >= 11 is 0. The van der Waals surface area contributed by atoms with Crippen molar-refractivity contribution in [1.29, 1.82) is 0 Å². The second-order valence-electron chi connectivity index (χ2n) is 5.49. The number of rotatable bonds is 3. The van der Waals surface area contributed by atoms with Gasteiger partial charge < -0.3 is 4.74 Å². The van der Waals surface area contributed by atoms with Gasteiger partial charge in [-0.25, -0.2) is 0 Å². The van der Waals surface area contributed by atoms with Crippen LogP contribution in [0.15, 0.2) is 59.7 Å². The Labute approximate surface area is 138 Å². The van der Waals surface area contributed by atoms with Crippen molar-refractivity contribution in [3.05, 3.63) is 75.8 Å². The van der Waals surface area contributed by atoms with E-state index in [0.717, 1.165) is 5.56 Å². The summed E-state index contributed by atoms with van der Waals surface area (Å²) < 4.78 is 5.96. The van der Waals surface area contributed by atoms with Gasteiger partial charge in [0, 0.05) is 37.1 Å². The summed E-state index contributed by atoms with van der Waals surface area (Å²) in [6, 6.07) is 15.2. The number of benzene rings is 2. The maximum atomic E-state index is 12.0. The second-order valence-corrected chi connectivity index (χ2v) is 5.49. The number of nitro benzene ring substituents is 1. The van der Waals surface area contributed by atoms with E-state index in [-0.39, 0.29) is 17.5 Å². The maximum Gasteiger partial charge on any atom is 0.270 e. The van der Waals surface area contributed by atoms with Gasteiger partial charge in [-0.3, -0.25) is 14.9 Å². The maximum absolute atomic E-state index is 12.0. The minimum Gasteiger partial charge on any atom is -0.443 e. The van der Waals surface area contributed by atoms with Crippen LogP contribution in [-0.4, -0.2) is 21.7 Å². The predicted octanol–water partition coefficient (Wildman–Crippen LogP) is 3.01. The number of nitrogens with zero attached hydrogens (tertiary/aromatic N) is 3. The van der Waals surface area contributed by atoms with Crippen LogP contribution < -0.4 is 0 Å². The molecule has 0 aliphatic carbocycles. The van der Waals surface area contributed by atoms with Gasteiger partial charge >= 0.3 is 0 Å². The first kappa shape index (κ1) is 15.7. The Kier molecular flexibility index (Phi) is 3.76. The molecule has 1 amide bonds. The second kappa shape index (κ2) is 5.77. The Hall–Kier alpha value is -3.22. The summed E-state index contributed by atoms with van der Waals surface area (Å²) in [7, 11) is 0. The highest BCUT2D eigenvalue weighted by Gasteiger charge is 2.44. The summed E-state index contributed by atoms with van der Waals surface area (Å²) in [6.45, 7) is 3.13. The minimum absolute atomic E-state index is 0.0681. The monoisotopic (exact) mass is 325 g/mol. The fraction of sp³-hybridized carbons (Fsp3) is 0.176. The number of carbonyl (C=O) groups excluding carboxylic acids is 1. The summed E-state index contributed by atoms with van der Waals surface area (Å²) in [5, 5.41) is 16.4. The van der Waals surface area contributed by atoms with E-state index in [1.54, 1.807) is 19.1 Å². The summed E-state index contributed by atoms with van der Waals surface area (Å²) in [6.07, 6.45) is 0. The van der Waals surface area contributed by atoms with Crippen LogP contribution in [0, 0.1) is 10.1 Å². The van der Waals surface area contributed by atoms with Crippen LogP contribution >= 0.6 is 0 Å². The van der Waals surface area contributed by atoms with E-state index in [0.29, 0.717) is 5.56 Å². The highest BCUT2D eigenvalue weighted by Crippen LogP contribution is 2.36. The molecule has 0 radical (unpaired) electrons. The molecule has 1 atom stereocenters. The molecule has 1 unspecified atom stereocenters. The summed E-state index contributed by atoms with van der Waals surface area (Å²) in [5.41, 5.74) is 0.0218. The molecule has 2 aromatic carbocycles. The van der Waals surface area contributed by atoms with Crippen molar-refractivity contribution in [2.75, 3.05) is 0 Å². The summed E-state index contributed by atoms with van der Waals surface area (Å²) in [5.74, 6) is -0.123. The lowest BCUT2D eigenvalue weighted by Crippen LogP contribution is -2.41. The molecule has 0 N–H and O–H groups in total. The zero-order valence-electron chi connectivity index (χ0n) is 13.2. The van der Waals surface area contributed by atoms with Crippen molar-refractivity contribution in [2.24, 2.45) is 5.10 Å². The number of carbonyl (C=O) groups is 1. The first-order chi connectivity index (χ1) is 11.4. The third kappa shape index (κ3) is 2.60. The van der Waals surface area contributed by atoms with Crippen molar-refractivity contribution in [1.82, 2.24) is 5.01 Å². The molecule has 0 spiro atoms. The highest BCUT2D eigenvalue weighted by molar-refractivity contribution is 5.97. The van der Waals surface area contributed by atoms with Crippen molar-refractivity contribution < 1.29 is 14.5 Å². The van der Waals surface area contributed by atoms with Gasteiger partial charge in [-0.15, -0.1) is 5.10 Å². The molecule has 1 heterocycles. The first-order valence-electron chi connectivity index (χ1n) is 7.30. The fourth-order valence-corrected chi connectivity index (χ4v) is 2.61. The third-order valence-corrected chi connectivity index (χ3v) is 3.80. The van der Waals surface area contributed by atoms with Crippen LogP contribution in [0.4, 0.5) is 5.69 Å². The minimum atomic E-state index is -1.10. The average molecular weight is 325 g/mol. The SMILES string of the molecule is CC(=O)N1N=C(c2cccc([N+](=O)[O-])c2)OC1(C)c1ccccc1. The summed E-state index contributed by atoms with van der Waals surface area (Å²) in [4.78, 5) is 22.5. The Morgan fingerprint density at radius 2 is 1.92 bits per heavy atom. The van der Waals surface area contributed by atoms with Gasteiger partial charge in [0.2, 0.25) is 17.5 Å². The Morgan fingerprint density at radius 1 is 1.21 bits per heavy atom. The van der Waals surface area contributed by atoms with E-state index in [9.17, 15) is 14.9 Å². The normalized spacial score (nSPS) is 19.6. The zero-order chi connectivity index (χ0) is 17.3. The van der Waals surface area contributed by atoms with Gasteiger partial charge in [0.05, 0.1) is 4.92 Å². The molecule has 1 aliphatic heterocycles. The van der Waals surface area contributed by atoms with E-state index in [1.807, 2.05) is 30.3 Å². The third-order valence-electron chi connectivity index (χ3n) is 3.80. The Morgan fingerprint density at radius 3 is 2.54 bits per heavy atom. The number of nitro groups is 1. The molecular formula is C17H15N3O4. The molecule has 0 aromatic heterocycles. The molecule has 122 valence electrons. The van der Waals surface area contributed by atoms with E-state index in [4.69, 9.17) is 4.74 Å². The van der Waals surface area contributed by atoms with Crippen LogP contribution in [0.5, 0.6) is 0 Å². The van der Waals surface area contributed by atoms with Gasteiger partial charge in [0.25, 0.3) is 5.69 Å². The van der Waals surface area contributed by atoms with Crippen LogP contribution in [0.25, 0.3) is 0 Å². The van der Waals surface area contributed by atoms with Gasteiger partial charge in [-0.1, -0.05) is 36.4 Å². The van der Waals surface area contributed by atoms with Crippen molar-refractivity contribution >= 4 is 17.5 Å². The van der Waals surface area contributed by atoms with Gasteiger partial charge in [0.1, 0.15) is 0 Å². The number of ether oxygens (including phenoxy) is 1. The van der Waals surface area contributed by atoms with E-state index in [1.165, 1.54) is 24.1 Å². The van der Waals surface area contributed by atoms with Crippen molar-refractivity contribution in [2.45, 2.75) is 19.6 Å². The predicted molar refractivity (Wildman–Crippen MR) is 87.0 cm³/mol. The molecule has 7 nitrogen and oxygen atoms in total. The molecule has 7 heteroatoms. The van der Waals surface area contributed by atoms with Gasteiger partial charge in [-0.05, 0) is 6.07 Å². The Bertz CT molecular complexity index is 835. The van der Waals surface area contributed by atoms with Crippen molar-refractivity contribution in [3.8, 4) is 0 Å². The number of hydrogen-bond acceptors (Lipinski definition) is 5. The fourth-order valence-electron chi connectivity index (χ4n) is 2.61. The number of non-ortho nitro benzene ring substituents is 1.